The molecule has 0 unspecified atom stereocenters. The Bertz CT molecular complexity index is 1670. The average Bonchev–Trinajstić information content (AvgIpc) is 3.45. The summed E-state index contributed by atoms with van der Waals surface area (Å²) in [5.41, 5.74) is 1.53. The second kappa shape index (κ2) is 11.2. The molecule has 6 aromatic rings. The van der Waals surface area contributed by atoms with E-state index in [0.717, 1.165) is 11.3 Å². The van der Waals surface area contributed by atoms with E-state index in [1.54, 1.807) is 4.68 Å². The summed E-state index contributed by atoms with van der Waals surface area (Å²) in [6, 6.07) is 46.4. The molecule has 1 heterocycles. The molecule has 6 rings (SSSR count). The van der Waals surface area contributed by atoms with Gasteiger partial charge in [-0.25, -0.2) is 0 Å². The molecule has 0 bridgehead atoms. The Morgan fingerprint density at radius 3 is 1.40 bits per heavy atom. The molecule has 0 aliphatic heterocycles. The molecule has 0 spiro atoms. The van der Waals surface area contributed by atoms with Crippen molar-refractivity contribution < 1.29 is 28.3 Å². The first-order valence-corrected chi connectivity index (χ1v) is 16.8. The Morgan fingerprint density at radius 1 is 0.571 bits per heavy atom. The van der Waals surface area contributed by atoms with Gasteiger partial charge in [0, 0.05) is 0 Å². The Morgan fingerprint density at radius 2 is 0.976 bits per heavy atom. The van der Waals surface area contributed by atoms with Gasteiger partial charge < -0.3 is 0 Å². The fourth-order valence-corrected chi connectivity index (χ4v) is 12.7. The van der Waals surface area contributed by atoms with E-state index >= 15 is 0 Å². The first-order chi connectivity index (χ1) is 20.4. The van der Waals surface area contributed by atoms with Crippen LogP contribution in [0.3, 0.4) is 0 Å². The van der Waals surface area contributed by atoms with Crippen LogP contribution in [-0.4, -0.2) is 14.8 Å². The van der Waals surface area contributed by atoms with Gasteiger partial charge in [-0.05, 0) is 0 Å². The molecule has 0 fully saturated rings. The van der Waals surface area contributed by atoms with Gasteiger partial charge in [0.2, 0.25) is 0 Å². The van der Waals surface area contributed by atoms with Crippen molar-refractivity contribution in [1.82, 2.24) is 14.8 Å². The maximum absolute atomic E-state index is 12.9. The van der Waals surface area contributed by atoms with Crippen molar-refractivity contribution in [3.8, 4) is 17.1 Å². The second-order valence-corrected chi connectivity index (χ2v) is 15.4. The van der Waals surface area contributed by atoms with Crippen LogP contribution in [0, 0.1) is 10.2 Å². The van der Waals surface area contributed by atoms with E-state index in [4.69, 9.17) is 14.2 Å². The first-order valence-electron chi connectivity index (χ1n) is 13.3. The summed E-state index contributed by atoms with van der Waals surface area (Å²) in [6.07, 6.45) is -0.0627. The fourth-order valence-electron chi connectivity index (χ4n) is 5.48. The summed E-state index contributed by atoms with van der Waals surface area (Å²) in [5.74, 6) is 0.899. The van der Waals surface area contributed by atoms with Gasteiger partial charge in [-0.3, -0.25) is 0 Å². The fraction of sp³-hybridized carbons (Fsp3) is 0.0303. The number of aromatic nitrogens is 3. The molecule has 0 saturated heterocycles. The Balaban J connectivity index is 1.74. The molecule has 0 N–H and O–H groups in total. The van der Waals surface area contributed by atoms with Crippen LogP contribution in [-0.2, 0) is 10.2 Å². The van der Waals surface area contributed by atoms with E-state index in [1.807, 2.05) is 152 Å². The average molecular weight is 596 g/mol. The number of hydrogen-bond acceptors (Lipinski definition) is 6. The number of hydrogen-bond donors (Lipinski definition) is 0. The van der Waals surface area contributed by atoms with Crippen LogP contribution in [0.4, 0.5) is 0 Å². The summed E-state index contributed by atoms with van der Waals surface area (Å²) < 4.78 is 46.6. The van der Waals surface area contributed by atoms with Crippen molar-refractivity contribution in [3.63, 3.8) is 0 Å². The third-order valence-corrected chi connectivity index (χ3v) is 14.2. The maximum atomic E-state index is 12.9. The molecule has 0 aliphatic carbocycles. The summed E-state index contributed by atoms with van der Waals surface area (Å²) in [6.45, 7) is -4.68. The quantitative estimate of drug-likeness (QED) is 0.238. The van der Waals surface area contributed by atoms with Crippen molar-refractivity contribution in [2.75, 3.05) is 0 Å². The van der Waals surface area contributed by atoms with Gasteiger partial charge in [0.15, 0.2) is 0 Å². The van der Waals surface area contributed by atoms with E-state index in [0.29, 0.717) is 27.6 Å². The monoisotopic (exact) mass is 595 g/mol. The molecule has 0 saturated carbocycles. The SMILES string of the molecule is [O-][Cl+3]([O-])([O-])OP(Cc1nc(-c2ccccc2)nn1-c1ccccc1)(c1ccccc1)(c1ccccc1)c1ccccc1. The van der Waals surface area contributed by atoms with Crippen LogP contribution in [0.2, 0.25) is 0 Å². The van der Waals surface area contributed by atoms with Gasteiger partial charge in [0.25, 0.3) is 0 Å². The second-order valence-electron chi connectivity index (χ2n) is 9.79. The van der Waals surface area contributed by atoms with Gasteiger partial charge in [0.1, 0.15) is 0 Å². The van der Waals surface area contributed by atoms with Crippen molar-refractivity contribution in [2.24, 2.45) is 0 Å². The van der Waals surface area contributed by atoms with Gasteiger partial charge >= 0.3 is 247 Å². The standard InChI is InChI=1S/C33H27ClN3O4P/c38-34(39,40)41-42(29-20-10-3-11-21-29,30-22-12-4-13-23-30,31-24-14-5-15-25-31)26-32-35-33(27-16-6-1-7-17-27)36-37(32)28-18-8-2-9-19-28/h1-25H,26H2. The van der Waals surface area contributed by atoms with Crippen LogP contribution in [0.1, 0.15) is 5.82 Å². The Hall–Kier alpha value is -4.20. The molecule has 0 aliphatic rings. The molecule has 7 nitrogen and oxygen atoms in total. The molecule has 0 atom stereocenters. The molecule has 9 heteroatoms. The summed E-state index contributed by atoms with van der Waals surface area (Å²) >= 11 is 0. The Kier molecular flexibility index (Phi) is 7.47. The molecule has 0 radical (unpaired) electrons. The zero-order chi connectivity index (χ0) is 29.1. The minimum atomic E-state index is -4.93. The number of halogens is 1. The first kappa shape index (κ1) is 27.9. The summed E-state index contributed by atoms with van der Waals surface area (Å²) in [5, 5.41) is 6.58. The zero-order valence-electron chi connectivity index (χ0n) is 22.4. The predicted molar refractivity (Wildman–Crippen MR) is 157 cm³/mol. The van der Waals surface area contributed by atoms with Crippen molar-refractivity contribution in [2.45, 2.75) is 6.16 Å². The molecule has 0 amide bonds. The van der Waals surface area contributed by atoms with E-state index in [-0.39, 0.29) is 6.16 Å². The van der Waals surface area contributed by atoms with E-state index < -0.39 is 17.1 Å². The van der Waals surface area contributed by atoms with Gasteiger partial charge in [-0.2, -0.15) is 0 Å². The van der Waals surface area contributed by atoms with Crippen molar-refractivity contribution >= 4 is 22.7 Å². The van der Waals surface area contributed by atoms with Crippen LogP contribution in [0.25, 0.3) is 17.1 Å². The van der Waals surface area contributed by atoms with Crippen LogP contribution >= 0.6 is 6.83 Å². The van der Waals surface area contributed by atoms with E-state index in [2.05, 4.69) is 0 Å². The van der Waals surface area contributed by atoms with Crippen molar-refractivity contribution in [1.29, 1.82) is 0 Å². The van der Waals surface area contributed by atoms with Gasteiger partial charge in [-0.15, -0.1) is 0 Å². The third kappa shape index (κ3) is 5.03. The van der Waals surface area contributed by atoms with Crippen LogP contribution in [0.15, 0.2) is 152 Å². The van der Waals surface area contributed by atoms with E-state index in [9.17, 15) is 14.0 Å². The van der Waals surface area contributed by atoms with Crippen LogP contribution < -0.4 is 29.9 Å². The predicted octanol–water partition coefficient (Wildman–Crippen LogP) is 2.79. The normalized spacial score (nSPS) is 12.9. The number of para-hydroxylation sites is 1. The zero-order valence-corrected chi connectivity index (χ0v) is 24.1. The number of nitrogens with zero attached hydrogens (tertiary/aromatic N) is 3. The number of benzene rings is 5. The Labute approximate surface area is 246 Å². The van der Waals surface area contributed by atoms with Gasteiger partial charge in [-0.1, -0.05) is 0 Å². The molecule has 1 aromatic heterocycles. The van der Waals surface area contributed by atoms with Gasteiger partial charge in [0.05, 0.1) is 0 Å². The topological polar surface area (TPSA) is 109 Å². The molecule has 42 heavy (non-hydrogen) atoms. The van der Waals surface area contributed by atoms with Crippen LogP contribution in [0.5, 0.6) is 0 Å². The minimum absolute atomic E-state index is 0.0627. The molecule has 5 aromatic carbocycles. The third-order valence-electron chi connectivity index (χ3n) is 7.29. The molecule has 210 valence electrons. The molecular formula is C33H27ClN3O4P. The molecular weight excluding hydrogens is 569 g/mol. The number of rotatable bonds is 9. The van der Waals surface area contributed by atoms with Crippen molar-refractivity contribution in [3.05, 3.63) is 157 Å². The summed E-state index contributed by atoms with van der Waals surface area (Å²) in [4.78, 5) is 5.00. The van der Waals surface area contributed by atoms with E-state index in [1.165, 1.54) is 0 Å². The summed E-state index contributed by atoms with van der Waals surface area (Å²) in [7, 11) is -4.93.